The first-order valence-corrected chi connectivity index (χ1v) is 0. The van der Waals surface area contributed by atoms with E-state index < -0.39 is 0 Å². The standard InChI is InChI=1S/Ba.Cu.Mn.4O.Zn/q3*+2;4*-2;+2. The van der Waals surface area contributed by atoms with Crippen molar-refractivity contribution < 1.29 is 75.5 Å². The van der Waals surface area contributed by atoms with E-state index in [1.165, 1.54) is 0 Å². The second-order valence-electron chi connectivity index (χ2n) is 0. The summed E-state index contributed by atoms with van der Waals surface area (Å²) in [6.07, 6.45) is 0. The molecule has 0 N–H and O–H groups in total. The fourth-order valence-corrected chi connectivity index (χ4v) is 0. The average molecular weight is 385 g/mol. The summed E-state index contributed by atoms with van der Waals surface area (Å²) in [7, 11) is 0. The van der Waals surface area contributed by atoms with Crippen LogP contribution in [0.25, 0.3) is 0 Å². The first-order valence-electron chi connectivity index (χ1n) is 0. The third kappa shape index (κ3) is 62.6. The molecule has 0 saturated carbocycles. The Bertz CT molecular complexity index is 16.0. The SMILES string of the molecule is [Ba+2].[Cu+2].[Mn+2].[O-2].[O-2].[O-2].[O-2].[Zn+2]. The Morgan fingerprint density at radius 1 is 0.625 bits per heavy atom. The molecule has 0 atom stereocenters. The maximum absolute atomic E-state index is 0. The van der Waals surface area contributed by atoms with Crippen LogP contribution in [-0.4, -0.2) is 48.9 Å². The van der Waals surface area contributed by atoms with E-state index in [0.717, 1.165) is 0 Å². The molecular weight excluding hydrogens is 385 g/mol. The van der Waals surface area contributed by atoms with Crippen molar-refractivity contribution in [2.45, 2.75) is 0 Å². The summed E-state index contributed by atoms with van der Waals surface area (Å²) < 4.78 is 0. The molecule has 0 aromatic heterocycles. The van der Waals surface area contributed by atoms with Crippen LogP contribution in [0.5, 0.6) is 0 Å². The van der Waals surface area contributed by atoms with Crippen LogP contribution in [-0.2, 0) is 75.5 Å². The van der Waals surface area contributed by atoms with Crippen molar-refractivity contribution in [1.82, 2.24) is 0 Å². The van der Waals surface area contributed by atoms with Gasteiger partial charge < -0.3 is 21.9 Å². The molecule has 0 unspecified atom stereocenters. The molecule has 0 aliphatic carbocycles. The third-order valence-corrected chi connectivity index (χ3v) is 0. The third-order valence-electron chi connectivity index (χ3n) is 0. The molecule has 0 heterocycles. The molecule has 0 rings (SSSR count). The largest absolute Gasteiger partial charge is 2.00 e. The van der Waals surface area contributed by atoms with Gasteiger partial charge in [-0.2, -0.15) is 0 Å². The molecule has 46 valence electrons. The summed E-state index contributed by atoms with van der Waals surface area (Å²) in [5.41, 5.74) is 0. The normalized spacial score (nSPS) is 0. The number of rotatable bonds is 0. The summed E-state index contributed by atoms with van der Waals surface area (Å²) in [5.74, 6) is 0. The van der Waals surface area contributed by atoms with Crippen molar-refractivity contribution in [2.24, 2.45) is 0 Å². The van der Waals surface area contributed by atoms with Gasteiger partial charge in [-0.3, -0.25) is 0 Å². The Morgan fingerprint density at radius 2 is 0.625 bits per heavy atom. The number of hydrogen-bond donors (Lipinski definition) is 0. The molecule has 0 aliphatic rings. The zero-order valence-electron chi connectivity index (χ0n) is 3.73. The van der Waals surface area contributed by atoms with Gasteiger partial charge in [0.2, 0.25) is 0 Å². The van der Waals surface area contributed by atoms with E-state index in [1.807, 2.05) is 0 Å². The molecule has 8 heteroatoms. The molecular formula is BaCuMnO4Zn. The molecule has 0 bridgehead atoms. The quantitative estimate of drug-likeness (QED) is 0.483. The predicted molar refractivity (Wildman–Crippen MR) is 8.50 cm³/mol. The average Bonchev–Trinajstić information content (AvgIpc) is 0. The van der Waals surface area contributed by atoms with Crippen molar-refractivity contribution >= 4 is 48.9 Å². The number of hydrogen-bond acceptors (Lipinski definition) is 0. The first kappa shape index (κ1) is 119. The molecule has 0 amide bonds. The van der Waals surface area contributed by atoms with E-state index in [2.05, 4.69) is 0 Å². The van der Waals surface area contributed by atoms with E-state index in [-0.39, 0.29) is 124 Å². The summed E-state index contributed by atoms with van der Waals surface area (Å²) in [4.78, 5) is 0. The molecule has 0 saturated heterocycles. The summed E-state index contributed by atoms with van der Waals surface area (Å²) in [5, 5.41) is 0. The van der Waals surface area contributed by atoms with E-state index in [1.54, 1.807) is 0 Å². The van der Waals surface area contributed by atoms with Gasteiger partial charge in [0.05, 0.1) is 0 Å². The van der Waals surface area contributed by atoms with Crippen LogP contribution >= 0.6 is 0 Å². The Balaban J connectivity index is 0. The second-order valence-corrected chi connectivity index (χ2v) is 0. The molecule has 0 spiro atoms. The van der Waals surface area contributed by atoms with E-state index >= 15 is 0 Å². The van der Waals surface area contributed by atoms with E-state index in [0.29, 0.717) is 0 Å². The maximum Gasteiger partial charge on any atom is 2.00 e. The van der Waals surface area contributed by atoms with Gasteiger partial charge >= 0.3 is 102 Å². The van der Waals surface area contributed by atoms with Crippen molar-refractivity contribution in [3.8, 4) is 0 Å². The monoisotopic (exact) mass is 384 g/mol. The fourth-order valence-electron chi connectivity index (χ4n) is 0. The zero-order valence-corrected chi connectivity index (χ0v) is 13.3. The van der Waals surface area contributed by atoms with Crippen molar-refractivity contribution in [1.29, 1.82) is 0 Å². The van der Waals surface area contributed by atoms with Gasteiger partial charge in [-0.25, -0.2) is 0 Å². The smallest absolute Gasteiger partial charge is 2.00 e. The Hall–Kier alpha value is 3.07. The predicted octanol–water partition coefficient (Wildman–Crippen LogP) is -0.864. The fraction of sp³-hybridized carbons (Fsp3) is 0. The van der Waals surface area contributed by atoms with Crippen LogP contribution in [0.4, 0.5) is 0 Å². The van der Waals surface area contributed by atoms with Crippen molar-refractivity contribution in [3.05, 3.63) is 0 Å². The molecule has 0 aromatic rings. The van der Waals surface area contributed by atoms with Gasteiger partial charge in [0.15, 0.2) is 0 Å². The van der Waals surface area contributed by atoms with E-state index in [4.69, 9.17) is 0 Å². The summed E-state index contributed by atoms with van der Waals surface area (Å²) in [6, 6.07) is 0. The van der Waals surface area contributed by atoms with Gasteiger partial charge in [0.1, 0.15) is 0 Å². The van der Waals surface area contributed by atoms with E-state index in [9.17, 15) is 0 Å². The molecule has 2 radical (unpaired) electrons. The van der Waals surface area contributed by atoms with Crippen LogP contribution in [0.3, 0.4) is 0 Å². The van der Waals surface area contributed by atoms with Crippen LogP contribution < -0.4 is 0 Å². The van der Waals surface area contributed by atoms with Gasteiger partial charge in [-0.05, 0) is 0 Å². The van der Waals surface area contributed by atoms with Crippen LogP contribution in [0.15, 0.2) is 0 Å². The zero-order chi connectivity index (χ0) is 0. The Kier molecular flexibility index (Phi) is 1310. The van der Waals surface area contributed by atoms with Crippen LogP contribution in [0.2, 0.25) is 0 Å². The molecule has 8 heavy (non-hydrogen) atoms. The van der Waals surface area contributed by atoms with Crippen LogP contribution in [0, 0.1) is 0 Å². The van der Waals surface area contributed by atoms with Crippen molar-refractivity contribution in [3.63, 3.8) is 0 Å². The van der Waals surface area contributed by atoms with Gasteiger partial charge in [-0.15, -0.1) is 0 Å². The van der Waals surface area contributed by atoms with Gasteiger partial charge in [-0.1, -0.05) is 0 Å². The maximum atomic E-state index is 0. The van der Waals surface area contributed by atoms with Crippen LogP contribution in [0.1, 0.15) is 0 Å². The van der Waals surface area contributed by atoms with Gasteiger partial charge in [0, 0.05) is 0 Å². The molecule has 0 aromatic carbocycles. The minimum absolute atomic E-state index is 0. The first-order chi connectivity index (χ1) is 0. The summed E-state index contributed by atoms with van der Waals surface area (Å²) in [6.45, 7) is 0. The van der Waals surface area contributed by atoms with Gasteiger partial charge in [0.25, 0.3) is 0 Å². The molecule has 0 fully saturated rings. The Morgan fingerprint density at radius 3 is 0.625 bits per heavy atom. The topological polar surface area (TPSA) is 114 Å². The molecule has 0 aliphatic heterocycles. The molecule has 4 nitrogen and oxygen atoms in total. The second kappa shape index (κ2) is 87.8. The van der Waals surface area contributed by atoms with Crippen molar-refractivity contribution in [2.75, 3.05) is 0 Å². The minimum Gasteiger partial charge on any atom is -2.00 e. The minimum atomic E-state index is 0. The Labute approximate surface area is 122 Å². The summed E-state index contributed by atoms with van der Waals surface area (Å²) >= 11 is 0.